The minimum absolute atomic E-state index is 0.309. The Bertz CT molecular complexity index is 1410. The number of urea groups is 1. The summed E-state index contributed by atoms with van der Waals surface area (Å²) in [6.45, 7) is -5.22. The molecule has 6 heteroatoms. The summed E-state index contributed by atoms with van der Waals surface area (Å²) < 4.78 is 134. The Hall–Kier alpha value is -2.60. The highest BCUT2D eigenvalue weighted by molar-refractivity contribution is 5.74. The van der Waals surface area contributed by atoms with Crippen molar-refractivity contribution in [2.75, 3.05) is 26.6 Å². The van der Waals surface area contributed by atoms with Crippen LogP contribution in [0.15, 0.2) is 48.3 Å². The molecule has 0 aromatic heterocycles. The van der Waals surface area contributed by atoms with E-state index in [0.717, 1.165) is 9.80 Å². The number of rotatable bonds is 8. The van der Waals surface area contributed by atoms with E-state index in [0.29, 0.717) is 0 Å². The first-order valence-corrected chi connectivity index (χ1v) is 9.77. The quantitative estimate of drug-likeness (QED) is 0.648. The van der Waals surface area contributed by atoms with Crippen molar-refractivity contribution in [3.8, 4) is 5.75 Å². The predicted octanol–water partition coefficient (Wildman–Crippen LogP) is 4.67. The lowest BCUT2D eigenvalue weighted by molar-refractivity contribution is 0.127. The molecule has 3 rings (SSSR count). The second-order valence-electron chi connectivity index (χ2n) is 7.20. The number of ether oxygens (including phenoxy) is 1. The van der Waals surface area contributed by atoms with Crippen molar-refractivity contribution in [1.29, 1.82) is 0 Å². The highest BCUT2D eigenvalue weighted by Gasteiger charge is 2.27. The van der Waals surface area contributed by atoms with Gasteiger partial charge in [-0.15, -0.1) is 0 Å². The monoisotopic (exact) mass is 441 g/mol. The van der Waals surface area contributed by atoms with Crippen LogP contribution in [-0.2, 0) is 13.1 Å². The number of carbonyl (C=O) groups is 1. The molecule has 1 saturated heterocycles. The fourth-order valence-electron chi connectivity index (χ4n) is 2.68. The van der Waals surface area contributed by atoms with Gasteiger partial charge in [-0.2, -0.15) is 0 Å². The van der Waals surface area contributed by atoms with Gasteiger partial charge in [-0.1, -0.05) is 38.0 Å². The Morgan fingerprint density at radius 3 is 2.45 bits per heavy atom. The van der Waals surface area contributed by atoms with Crippen LogP contribution in [0, 0.1) is 11.7 Å². The molecule has 1 N–H and O–H groups in total. The minimum Gasteiger partial charge on any atom is -0.493 e. The highest BCUT2D eigenvalue weighted by Crippen LogP contribution is 2.19. The second kappa shape index (κ2) is 11.1. The highest BCUT2D eigenvalue weighted by atomic mass is 19.1. The van der Waals surface area contributed by atoms with Gasteiger partial charge in [0.15, 0.2) is 0 Å². The zero-order chi connectivity index (χ0) is 34.6. The lowest BCUT2D eigenvalue weighted by Gasteiger charge is -2.37. The number of amides is 2. The Morgan fingerprint density at radius 1 is 1.23 bits per heavy atom. The molecule has 168 valence electrons. The smallest absolute Gasteiger partial charge is 0.318 e. The zero-order valence-corrected chi connectivity index (χ0v) is 17.6. The molecule has 1 heterocycles. The van der Waals surface area contributed by atoms with Gasteiger partial charge in [0.2, 0.25) is 0 Å². The molecule has 0 radical (unpaired) electrons. The summed E-state index contributed by atoms with van der Waals surface area (Å²) in [5.41, 5.74) is -0.720. The zero-order valence-electron chi connectivity index (χ0n) is 31.6. The van der Waals surface area contributed by atoms with Gasteiger partial charge in [0.05, 0.1) is 20.3 Å². The number of benzene rings is 2. The molecule has 0 spiro atoms. The molecular formula is C25H34FN3O2. The minimum atomic E-state index is -2.32. The largest absolute Gasteiger partial charge is 0.493 e. The maximum Gasteiger partial charge on any atom is 0.318 e. The van der Waals surface area contributed by atoms with Gasteiger partial charge in [0.25, 0.3) is 0 Å². The molecule has 5 nitrogen and oxygen atoms in total. The van der Waals surface area contributed by atoms with Crippen LogP contribution in [0.4, 0.5) is 9.18 Å². The van der Waals surface area contributed by atoms with E-state index in [4.69, 9.17) is 23.9 Å². The number of nitrogens with zero attached hydrogens (tertiary/aromatic N) is 2. The average Bonchev–Trinajstić information content (AvgIpc) is 2.94. The fourth-order valence-corrected chi connectivity index (χ4v) is 2.68. The van der Waals surface area contributed by atoms with Crippen molar-refractivity contribution in [3.63, 3.8) is 0 Å². The molecule has 0 atom stereocenters. The fraction of sp³-hybridized carbons (Fsp3) is 0.480. The summed E-state index contributed by atoms with van der Waals surface area (Å²) in [5, 5.41) is 2.40. The SMILES string of the molecule is [2H]c1c([2H])c(CN(C(=O)NCc2c([2H])c([2H])c(OC([2H])([2H])C(C)C)c([2H])c2[2H])C2CC([2H])([2H])N(C)C([2H])([2H])C2)c([2H])c([2H])c1F. The summed E-state index contributed by atoms with van der Waals surface area (Å²) >= 11 is 0. The van der Waals surface area contributed by atoms with E-state index in [-0.39, 0.29) is 5.56 Å². The molecule has 1 fully saturated rings. The van der Waals surface area contributed by atoms with Gasteiger partial charge in [-0.3, -0.25) is 0 Å². The van der Waals surface area contributed by atoms with Crippen LogP contribution in [-0.4, -0.2) is 48.5 Å². The van der Waals surface area contributed by atoms with Gasteiger partial charge in [-0.25, -0.2) is 9.18 Å². The summed E-state index contributed by atoms with van der Waals surface area (Å²) in [4.78, 5) is 15.4. The normalized spacial score (nSPS) is 25.3. The van der Waals surface area contributed by atoms with Crippen LogP contribution in [0.3, 0.4) is 0 Å². The van der Waals surface area contributed by atoms with Crippen molar-refractivity contribution in [3.05, 3.63) is 65.3 Å². The van der Waals surface area contributed by atoms with Crippen molar-refractivity contribution >= 4 is 6.03 Å². The number of nitrogens with one attached hydrogen (secondary N) is 1. The third-order valence-electron chi connectivity index (χ3n) is 4.27. The van der Waals surface area contributed by atoms with Crippen LogP contribution in [0.1, 0.15) is 57.0 Å². The number of piperidine rings is 1. The Balaban J connectivity index is 2.04. The van der Waals surface area contributed by atoms with Gasteiger partial charge in [0.1, 0.15) is 11.6 Å². The van der Waals surface area contributed by atoms with E-state index in [2.05, 4.69) is 5.32 Å². The Labute approximate surface area is 204 Å². The summed E-state index contributed by atoms with van der Waals surface area (Å²) in [6.07, 6.45) is -0.879. The van der Waals surface area contributed by atoms with Crippen LogP contribution < -0.4 is 10.1 Å². The van der Waals surface area contributed by atoms with E-state index in [1.54, 1.807) is 0 Å². The average molecular weight is 442 g/mol. The molecule has 0 bridgehead atoms. The summed E-state index contributed by atoms with van der Waals surface area (Å²) in [7, 11) is 1.23. The Morgan fingerprint density at radius 2 is 1.84 bits per heavy atom. The third kappa shape index (κ3) is 7.24. The van der Waals surface area contributed by atoms with Crippen LogP contribution in [0.5, 0.6) is 5.75 Å². The second-order valence-corrected chi connectivity index (χ2v) is 7.20. The molecule has 0 aliphatic carbocycles. The first-order chi connectivity index (χ1) is 20.5. The molecule has 2 aromatic rings. The number of halogens is 1. The standard InChI is InChI=1S/C25H34FN3O2/c1-19(2)18-31-24-10-6-20(7-11-24)16-27-25(30)29(23-12-14-28(3)15-13-23)17-21-4-8-22(26)9-5-21/h4-11,19,23H,12-18H2,1-3H3,(H,27,30)/i4D,5D,6D,7D,8D,9D,10D,11D,14D2,15D2,18D2. The molecule has 31 heavy (non-hydrogen) atoms. The van der Waals surface area contributed by atoms with E-state index in [9.17, 15) is 9.18 Å². The van der Waals surface area contributed by atoms with Gasteiger partial charge >= 0.3 is 6.03 Å². The number of hydrogen-bond donors (Lipinski definition) is 1. The molecule has 0 unspecified atom stereocenters. The first-order valence-electron chi connectivity index (χ1n) is 16.8. The molecule has 2 aromatic carbocycles. The lowest BCUT2D eigenvalue weighted by atomic mass is 10.0. The van der Waals surface area contributed by atoms with Crippen molar-refractivity contribution < 1.29 is 33.1 Å². The molecular weight excluding hydrogens is 393 g/mol. The van der Waals surface area contributed by atoms with Crippen molar-refractivity contribution in [2.45, 2.75) is 45.8 Å². The first kappa shape index (κ1) is 10.8. The Kier molecular flexibility index (Phi) is 3.89. The number of hydrogen-bond acceptors (Lipinski definition) is 3. The number of likely N-dealkylation sites (tertiary alicyclic amines) is 1. The summed E-state index contributed by atoms with van der Waals surface area (Å²) in [6, 6.07) is -8.51. The summed E-state index contributed by atoms with van der Waals surface area (Å²) in [5.74, 6) is -2.74. The van der Waals surface area contributed by atoms with Crippen molar-refractivity contribution in [2.24, 2.45) is 5.92 Å². The third-order valence-corrected chi connectivity index (χ3v) is 4.27. The molecule has 2 amide bonds. The van der Waals surface area contributed by atoms with Gasteiger partial charge in [0, 0.05) is 24.6 Å². The van der Waals surface area contributed by atoms with E-state index >= 15 is 0 Å². The topological polar surface area (TPSA) is 44.8 Å². The lowest BCUT2D eigenvalue weighted by Crippen LogP contribution is -2.49. The molecule has 1 aliphatic heterocycles. The van der Waals surface area contributed by atoms with Crippen LogP contribution >= 0.6 is 0 Å². The van der Waals surface area contributed by atoms with E-state index in [1.165, 1.54) is 20.9 Å². The van der Waals surface area contributed by atoms with E-state index < -0.39 is 129 Å². The molecule has 1 aliphatic rings. The van der Waals surface area contributed by atoms with Crippen LogP contribution in [0.25, 0.3) is 0 Å². The maximum atomic E-state index is 14.2. The van der Waals surface area contributed by atoms with Gasteiger partial charge in [-0.05, 0) is 74.1 Å². The van der Waals surface area contributed by atoms with Crippen molar-refractivity contribution in [1.82, 2.24) is 15.1 Å². The van der Waals surface area contributed by atoms with E-state index in [1.807, 2.05) is 0 Å². The van der Waals surface area contributed by atoms with Crippen LogP contribution in [0.2, 0.25) is 0 Å². The van der Waals surface area contributed by atoms with Gasteiger partial charge < -0.3 is 19.9 Å². The number of carbonyl (C=O) groups excluding carboxylic acids is 1. The molecule has 0 saturated carbocycles. The maximum absolute atomic E-state index is 14.2. The predicted molar refractivity (Wildman–Crippen MR) is 121 cm³/mol.